The fourth-order valence-corrected chi connectivity index (χ4v) is 1.32. The average Bonchev–Trinajstić information content (AvgIpc) is 2.37. The van der Waals surface area contributed by atoms with Gasteiger partial charge in [0, 0.05) is 11.8 Å². The molecule has 3 heteroatoms. The minimum Gasteiger partial charge on any atom is -0.508 e. The van der Waals surface area contributed by atoms with Crippen molar-refractivity contribution in [1.29, 1.82) is 5.26 Å². The van der Waals surface area contributed by atoms with Gasteiger partial charge in [-0.1, -0.05) is 12.0 Å². The number of hydrogen-bond donors (Lipinski definition) is 1. The molecule has 0 amide bonds. The van der Waals surface area contributed by atoms with E-state index in [-0.39, 0.29) is 5.75 Å². The van der Waals surface area contributed by atoms with Gasteiger partial charge in [-0.3, -0.25) is 0 Å². The van der Waals surface area contributed by atoms with Crippen LogP contribution in [0.4, 0.5) is 0 Å². The number of nitrogens with zero attached hydrogens (tertiary/aromatic N) is 2. The summed E-state index contributed by atoms with van der Waals surface area (Å²) in [5.41, 5.74) is 1.62. The van der Waals surface area contributed by atoms with Gasteiger partial charge < -0.3 is 5.11 Å². The lowest BCUT2D eigenvalue weighted by Gasteiger charge is -1.94. The molecule has 1 heterocycles. The lowest BCUT2D eigenvalue weighted by atomic mass is 10.1. The zero-order valence-corrected chi connectivity index (χ0v) is 8.88. The third-order valence-corrected chi connectivity index (χ3v) is 2.05. The van der Waals surface area contributed by atoms with Gasteiger partial charge in [0.2, 0.25) is 0 Å². The van der Waals surface area contributed by atoms with Crippen LogP contribution < -0.4 is 0 Å². The van der Waals surface area contributed by atoms with Gasteiger partial charge in [0.25, 0.3) is 0 Å². The molecule has 80 valence electrons. The molecule has 3 nitrogen and oxygen atoms in total. The molecule has 1 aromatic carbocycles. The number of phenolic OH excluding ortho intramolecular Hbond substituents is 1. The van der Waals surface area contributed by atoms with Crippen LogP contribution in [0.2, 0.25) is 0 Å². The molecule has 0 unspecified atom stereocenters. The predicted octanol–water partition coefficient (Wildman–Crippen LogP) is 2.06. The molecule has 2 rings (SSSR count). The first kappa shape index (κ1) is 10.7. The highest BCUT2D eigenvalue weighted by Crippen LogP contribution is 2.14. The van der Waals surface area contributed by atoms with Gasteiger partial charge in [-0.05, 0) is 36.3 Å². The third-order valence-electron chi connectivity index (χ3n) is 2.05. The molecule has 1 N–H and O–H groups in total. The highest BCUT2D eigenvalue weighted by atomic mass is 16.3. The molecule has 0 fully saturated rings. The summed E-state index contributed by atoms with van der Waals surface area (Å²) < 4.78 is 0. The van der Waals surface area contributed by atoms with Crippen molar-refractivity contribution in [2.45, 2.75) is 0 Å². The first-order valence-electron chi connectivity index (χ1n) is 4.95. The topological polar surface area (TPSA) is 56.9 Å². The number of pyridine rings is 1. The van der Waals surface area contributed by atoms with Crippen molar-refractivity contribution in [3.05, 3.63) is 59.4 Å². The van der Waals surface area contributed by atoms with Crippen LogP contribution in [0, 0.1) is 23.2 Å². The van der Waals surface area contributed by atoms with Gasteiger partial charge in [0.15, 0.2) is 0 Å². The van der Waals surface area contributed by atoms with Gasteiger partial charge in [-0.2, -0.15) is 5.26 Å². The summed E-state index contributed by atoms with van der Waals surface area (Å²) in [4.78, 5) is 4.06. The quantitative estimate of drug-likeness (QED) is 0.691. The van der Waals surface area contributed by atoms with Crippen LogP contribution in [0.5, 0.6) is 5.75 Å². The Kier molecular flexibility index (Phi) is 3.05. The fourth-order valence-electron chi connectivity index (χ4n) is 1.32. The minimum atomic E-state index is 0.0365. The Labute approximate surface area is 99.0 Å². The number of nitriles is 1. The highest BCUT2D eigenvalue weighted by Gasteiger charge is 1.96. The second-order valence-electron chi connectivity index (χ2n) is 3.35. The van der Waals surface area contributed by atoms with Crippen molar-refractivity contribution in [2.24, 2.45) is 0 Å². The summed E-state index contributed by atoms with van der Waals surface area (Å²) in [5, 5.41) is 18.1. The molecule has 0 saturated carbocycles. The van der Waals surface area contributed by atoms with Crippen molar-refractivity contribution in [3.8, 4) is 23.7 Å². The summed E-state index contributed by atoms with van der Waals surface area (Å²) >= 11 is 0. The summed E-state index contributed by atoms with van der Waals surface area (Å²) in [6.07, 6.45) is 1.66. The van der Waals surface area contributed by atoms with E-state index < -0.39 is 0 Å². The molecule has 0 aliphatic rings. The Balaban J connectivity index is 2.35. The van der Waals surface area contributed by atoms with E-state index >= 15 is 0 Å². The summed E-state index contributed by atoms with van der Waals surface area (Å²) in [5.74, 6) is 5.75. The molecule has 0 radical (unpaired) electrons. The maximum Gasteiger partial charge on any atom is 0.118 e. The first-order valence-corrected chi connectivity index (χ1v) is 4.95. The Hall–Kier alpha value is -2.78. The SMILES string of the molecule is N#Cc1cc(O)cc(C#Cc2ccccn2)c1. The van der Waals surface area contributed by atoms with Crippen molar-refractivity contribution in [3.63, 3.8) is 0 Å². The van der Waals surface area contributed by atoms with E-state index in [0.29, 0.717) is 16.8 Å². The zero-order chi connectivity index (χ0) is 12.1. The smallest absolute Gasteiger partial charge is 0.118 e. The van der Waals surface area contributed by atoms with Crippen LogP contribution in [-0.2, 0) is 0 Å². The average molecular weight is 220 g/mol. The van der Waals surface area contributed by atoms with Gasteiger partial charge in [-0.25, -0.2) is 4.98 Å². The third kappa shape index (κ3) is 2.84. The molecule has 17 heavy (non-hydrogen) atoms. The summed E-state index contributed by atoms with van der Waals surface area (Å²) in [6.45, 7) is 0. The van der Waals surface area contributed by atoms with Crippen LogP contribution in [0.3, 0.4) is 0 Å². The van der Waals surface area contributed by atoms with Crippen molar-refractivity contribution >= 4 is 0 Å². The largest absolute Gasteiger partial charge is 0.508 e. The zero-order valence-electron chi connectivity index (χ0n) is 8.88. The predicted molar refractivity (Wildman–Crippen MR) is 63.0 cm³/mol. The fraction of sp³-hybridized carbons (Fsp3) is 0. The van der Waals surface area contributed by atoms with E-state index in [4.69, 9.17) is 5.26 Å². The van der Waals surface area contributed by atoms with Gasteiger partial charge in [0.1, 0.15) is 11.4 Å². The van der Waals surface area contributed by atoms with Crippen molar-refractivity contribution < 1.29 is 5.11 Å². The number of aromatic nitrogens is 1. The molecule has 1 aromatic heterocycles. The van der Waals surface area contributed by atoms with Crippen LogP contribution in [-0.4, -0.2) is 10.1 Å². The number of aromatic hydroxyl groups is 1. The van der Waals surface area contributed by atoms with Crippen LogP contribution >= 0.6 is 0 Å². The van der Waals surface area contributed by atoms with E-state index in [1.54, 1.807) is 18.3 Å². The Morgan fingerprint density at radius 2 is 1.88 bits per heavy atom. The number of phenols is 1. The maximum absolute atomic E-state index is 9.39. The monoisotopic (exact) mass is 220 g/mol. The molecule has 2 aromatic rings. The van der Waals surface area contributed by atoms with E-state index in [9.17, 15) is 5.11 Å². The number of hydrogen-bond acceptors (Lipinski definition) is 3. The highest BCUT2D eigenvalue weighted by molar-refractivity contribution is 5.48. The molecule has 0 aliphatic heterocycles. The molecular formula is C14H8N2O. The van der Waals surface area contributed by atoms with Crippen LogP contribution in [0.25, 0.3) is 0 Å². The minimum absolute atomic E-state index is 0.0365. The number of rotatable bonds is 0. The van der Waals surface area contributed by atoms with Gasteiger partial charge in [-0.15, -0.1) is 0 Å². The maximum atomic E-state index is 9.39. The summed E-state index contributed by atoms with van der Waals surface area (Å²) in [7, 11) is 0. The molecule has 0 atom stereocenters. The van der Waals surface area contributed by atoms with Crippen molar-refractivity contribution in [1.82, 2.24) is 4.98 Å². The Morgan fingerprint density at radius 1 is 1.06 bits per heavy atom. The second kappa shape index (κ2) is 4.83. The molecule has 0 saturated heterocycles. The van der Waals surface area contributed by atoms with E-state index in [0.717, 1.165) is 0 Å². The Bertz CT molecular complexity index is 631. The standard InChI is InChI=1S/C14H8N2O/c15-10-12-7-11(8-14(17)9-12)4-5-13-3-1-2-6-16-13/h1-3,6-9,17H. The van der Waals surface area contributed by atoms with Crippen LogP contribution in [0.15, 0.2) is 42.6 Å². The summed E-state index contributed by atoms with van der Waals surface area (Å²) in [6, 6.07) is 11.9. The lowest BCUT2D eigenvalue weighted by molar-refractivity contribution is 0.475. The number of benzene rings is 1. The molecular weight excluding hydrogens is 212 g/mol. The van der Waals surface area contributed by atoms with Gasteiger partial charge in [0.05, 0.1) is 11.6 Å². The van der Waals surface area contributed by atoms with E-state index in [1.165, 1.54) is 12.1 Å². The lowest BCUT2D eigenvalue weighted by Crippen LogP contribution is -1.81. The first-order chi connectivity index (χ1) is 8.28. The second-order valence-corrected chi connectivity index (χ2v) is 3.35. The van der Waals surface area contributed by atoms with E-state index in [1.807, 2.05) is 18.2 Å². The van der Waals surface area contributed by atoms with Gasteiger partial charge >= 0.3 is 0 Å². The van der Waals surface area contributed by atoms with Crippen molar-refractivity contribution in [2.75, 3.05) is 0 Å². The molecule has 0 spiro atoms. The van der Waals surface area contributed by atoms with Crippen LogP contribution in [0.1, 0.15) is 16.8 Å². The Morgan fingerprint density at radius 3 is 2.59 bits per heavy atom. The van der Waals surface area contributed by atoms with E-state index in [2.05, 4.69) is 16.8 Å². The normalized spacial score (nSPS) is 8.88. The molecule has 0 aliphatic carbocycles. The molecule has 0 bridgehead atoms.